The monoisotopic (exact) mass is 1000 g/mol. The minimum Gasteiger partial charge on any atom is -0.508 e. The summed E-state index contributed by atoms with van der Waals surface area (Å²) < 4.78 is 18.4. The Morgan fingerprint density at radius 2 is 1.43 bits per heavy atom. The number of allylic oxidation sites excluding steroid dienone is 2. The van der Waals surface area contributed by atoms with Crippen LogP contribution in [0.1, 0.15) is 146 Å². The third kappa shape index (κ3) is 7.51. The standard InChI is InChI=1S/C57H67N3O11S/c1-51(2)43-16-19-56(7)47(40(63)29-38-39-30-53(4,49(67)68)21-20-52(39,3)22-23-55(38,56)6)54(43,5)18-17-44(51)70-46(65)15-14-45(64)58-24-25-59-50(72)60-31-8-11-35-34(26-31)48(66)71-57(35)36-12-9-32(61)27-41(36)69-42-28-33(62)10-13-37(42)57/h8-13,26-29,39,43-44,47,61-62H,14-25,30H2,1-7H3,(H,58,64)(H,67,68)(H2,59,60,72)/t39-,43?,44-,47+,52+,53-,54-,55+,56+/m0/s1. The van der Waals surface area contributed by atoms with Crippen molar-refractivity contribution < 1.29 is 53.5 Å². The lowest BCUT2D eigenvalue weighted by Crippen LogP contribution is -2.66. The van der Waals surface area contributed by atoms with Crippen molar-refractivity contribution in [3.8, 4) is 23.0 Å². The van der Waals surface area contributed by atoms with Gasteiger partial charge in [-0.15, -0.1) is 0 Å². The molecule has 10 rings (SSSR count). The second-order valence-corrected chi connectivity index (χ2v) is 24.3. The Morgan fingerprint density at radius 3 is 2.11 bits per heavy atom. The first-order valence-corrected chi connectivity index (χ1v) is 26.0. The highest BCUT2D eigenvalue weighted by atomic mass is 32.1. The smallest absolute Gasteiger partial charge is 0.340 e. The molecule has 4 saturated carbocycles. The second kappa shape index (κ2) is 17.1. The number of carbonyl (C=O) groups excluding carboxylic acids is 4. The van der Waals surface area contributed by atoms with Crippen LogP contribution in [0.15, 0.2) is 66.2 Å². The van der Waals surface area contributed by atoms with Gasteiger partial charge in [0.1, 0.15) is 29.1 Å². The van der Waals surface area contributed by atoms with E-state index in [9.17, 15) is 39.3 Å². The van der Waals surface area contributed by atoms with Crippen LogP contribution in [-0.2, 0) is 34.3 Å². The number of phenols is 2. The summed E-state index contributed by atoms with van der Waals surface area (Å²) in [6.45, 7) is 16.1. The number of anilines is 1. The largest absolute Gasteiger partial charge is 0.508 e. The number of ether oxygens (including phenoxy) is 3. The number of carbonyl (C=O) groups is 5. The van der Waals surface area contributed by atoms with Crippen LogP contribution in [0.25, 0.3) is 0 Å². The van der Waals surface area contributed by atoms with E-state index in [4.69, 9.17) is 26.4 Å². The summed E-state index contributed by atoms with van der Waals surface area (Å²) in [5.41, 5.74) is 0.130. The van der Waals surface area contributed by atoms with Crippen LogP contribution in [0.5, 0.6) is 23.0 Å². The number of esters is 2. The van der Waals surface area contributed by atoms with Crippen molar-refractivity contribution in [1.29, 1.82) is 0 Å². The molecule has 14 nitrogen and oxygen atoms in total. The zero-order valence-electron chi connectivity index (χ0n) is 42.3. The molecule has 1 spiro atoms. The van der Waals surface area contributed by atoms with Gasteiger partial charge in [-0.1, -0.05) is 53.2 Å². The van der Waals surface area contributed by atoms with E-state index < -0.39 is 34.3 Å². The number of thiocarbonyl (C=S) groups is 1. The number of ketones is 1. The SMILES string of the molecule is CC1(C)C2CC[C@]3(C)[C@H](C(=O)C=C4[C@@H]5C[C@@](C)(C(=O)O)CC[C@]5(C)CC[C@]43C)[C@@]2(C)CC[C@@H]1OC(=O)CCC(=O)NCCNC(=S)Nc1ccc2c(c1)C(=O)OC21c2ccc(O)cc2Oc2cc(O)ccc21. The summed E-state index contributed by atoms with van der Waals surface area (Å²) in [5.74, 6) is -1.39. The van der Waals surface area contributed by atoms with E-state index in [1.54, 1.807) is 30.3 Å². The van der Waals surface area contributed by atoms with Crippen LogP contribution in [0, 0.1) is 50.2 Å². The highest BCUT2D eigenvalue weighted by Gasteiger charge is 2.70. The van der Waals surface area contributed by atoms with E-state index >= 15 is 0 Å². The number of hydrogen-bond acceptors (Lipinski definition) is 11. The van der Waals surface area contributed by atoms with Crippen LogP contribution in [-0.4, -0.2) is 69.2 Å². The van der Waals surface area contributed by atoms with E-state index in [0.717, 1.165) is 38.5 Å². The topological polar surface area (TPSA) is 210 Å². The number of carboxylic acids is 1. The van der Waals surface area contributed by atoms with E-state index in [1.165, 1.54) is 29.8 Å². The summed E-state index contributed by atoms with van der Waals surface area (Å²) in [6, 6.07) is 14.3. The van der Waals surface area contributed by atoms with Gasteiger partial charge in [0.25, 0.3) is 0 Å². The lowest BCUT2D eigenvalue weighted by molar-refractivity contribution is -0.211. The first-order valence-electron chi connectivity index (χ1n) is 25.6. The number of aliphatic carboxylic acids is 1. The number of hydrogen-bond donors (Lipinski definition) is 6. The van der Waals surface area contributed by atoms with Gasteiger partial charge >= 0.3 is 17.9 Å². The molecule has 382 valence electrons. The molecule has 72 heavy (non-hydrogen) atoms. The predicted octanol–water partition coefficient (Wildman–Crippen LogP) is 9.83. The average Bonchev–Trinajstić information content (AvgIpc) is 3.59. The zero-order chi connectivity index (χ0) is 51.6. The molecule has 5 aliphatic carbocycles. The van der Waals surface area contributed by atoms with Gasteiger partial charge in [0.05, 0.1) is 17.4 Å². The van der Waals surface area contributed by atoms with Crippen LogP contribution in [0.4, 0.5) is 5.69 Å². The van der Waals surface area contributed by atoms with Crippen molar-refractivity contribution in [2.45, 2.75) is 131 Å². The maximum absolute atomic E-state index is 14.8. The van der Waals surface area contributed by atoms with Gasteiger partial charge in [-0.3, -0.25) is 19.2 Å². The Morgan fingerprint density at radius 1 is 0.778 bits per heavy atom. The summed E-state index contributed by atoms with van der Waals surface area (Å²) in [5, 5.41) is 39.9. The van der Waals surface area contributed by atoms with Gasteiger partial charge in [-0.25, -0.2) is 4.79 Å². The molecule has 7 aliphatic rings. The minimum atomic E-state index is -1.39. The molecule has 6 N–H and O–H groups in total. The van der Waals surface area contributed by atoms with Gasteiger partial charge in [0, 0.05) is 65.4 Å². The minimum absolute atomic E-state index is 0.0176. The van der Waals surface area contributed by atoms with E-state index in [1.807, 2.05) is 13.0 Å². The Labute approximate surface area is 426 Å². The molecule has 0 saturated heterocycles. The van der Waals surface area contributed by atoms with E-state index in [-0.39, 0.29) is 111 Å². The Bertz CT molecular complexity index is 2830. The number of aromatic hydroxyl groups is 2. The summed E-state index contributed by atoms with van der Waals surface area (Å²) >= 11 is 5.54. The summed E-state index contributed by atoms with van der Waals surface area (Å²) in [7, 11) is 0. The van der Waals surface area contributed by atoms with E-state index in [2.05, 4.69) is 57.5 Å². The van der Waals surface area contributed by atoms with Crippen LogP contribution in [0.2, 0.25) is 0 Å². The molecular formula is C57H67N3O11S. The molecule has 3 aromatic rings. The third-order valence-corrected chi connectivity index (χ3v) is 19.9. The summed E-state index contributed by atoms with van der Waals surface area (Å²) in [6.07, 6.45) is 8.71. The zero-order valence-corrected chi connectivity index (χ0v) is 43.1. The van der Waals surface area contributed by atoms with Gasteiger partial charge in [-0.2, -0.15) is 0 Å². The quantitative estimate of drug-likeness (QED) is 0.0670. The average molecular weight is 1000 g/mol. The van der Waals surface area contributed by atoms with Crippen LogP contribution < -0.4 is 20.7 Å². The maximum atomic E-state index is 14.8. The number of phenolic OH excluding ortho intramolecular Hbond substituents is 2. The molecule has 3 aromatic carbocycles. The fourth-order valence-electron chi connectivity index (χ4n) is 15.4. The first kappa shape index (κ1) is 49.6. The van der Waals surface area contributed by atoms with Gasteiger partial charge in [0.15, 0.2) is 16.5 Å². The molecule has 15 heteroatoms. The summed E-state index contributed by atoms with van der Waals surface area (Å²) in [4.78, 5) is 67.2. The van der Waals surface area contributed by atoms with Gasteiger partial charge < -0.3 is 45.5 Å². The first-order chi connectivity index (χ1) is 33.9. The molecule has 0 bridgehead atoms. The molecule has 1 amide bonds. The fourth-order valence-corrected chi connectivity index (χ4v) is 15.6. The Balaban J connectivity index is 0.716. The number of nitrogens with one attached hydrogen (secondary N) is 3. The Kier molecular flexibility index (Phi) is 11.8. The number of rotatable bonds is 9. The molecular weight excluding hydrogens is 935 g/mol. The third-order valence-electron chi connectivity index (χ3n) is 19.6. The van der Waals surface area contributed by atoms with Crippen molar-refractivity contribution in [3.63, 3.8) is 0 Å². The molecule has 0 aromatic heterocycles. The van der Waals surface area contributed by atoms with Crippen molar-refractivity contribution in [3.05, 3.63) is 88.5 Å². The molecule has 4 fully saturated rings. The van der Waals surface area contributed by atoms with Gasteiger partial charge in [-0.05, 0) is 153 Å². The lowest BCUT2D eigenvalue weighted by Gasteiger charge is -2.70. The van der Waals surface area contributed by atoms with Crippen molar-refractivity contribution in [2.24, 2.45) is 50.2 Å². The lowest BCUT2D eigenvalue weighted by atomic mass is 9.33. The molecule has 9 atom stereocenters. The predicted molar refractivity (Wildman–Crippen MR) is 271 cm³/mol. The normalized spacial score (nSPS) is 33.1. The van der Waals surface area contributed by atoms with Crippen LogP contribution in [0.3, 0.4) is 0 Å². The maximum Gasteiger partial charge on any atom is 0.340 e. The Hall–Kier alpha value is -5.96. The number of benzene rings is 3. The fraction of sp³-hybridized carbons (Fsp3) is 0.544. The highest BCUT2D eigenvalue weighted by molar-refractivity contribution is 7.80. The molecule has 2 heterocycles. The van der Waals surface area contributed by atoms with Crippen LogP contribution >= 0.6 is 12.2 Å². The molecule has 1 unspecified atom stereocenters. The van der Waals surface area contributed by atoms with Gasteiger partial charge in [0.2, 0.25) is 5.91 Å². The van der Waals surface area contributed by atoms with Crippen molar-refractivity contribution in [1.82, 2.24) is 10.6 Å². The highest BCUT2D eigenvalue weighted by Crippen LogP contribution is 2.75. The van der Waals surface area contributed by atoms with E-state index in [0.29, 0.717) is 47.2 Å². The number of amides is 1. The second-order valence-electron chi connectivity index (χ2n) is 23.9. The van der Waals surface area contributed by atoms with Crippen molar-refractivity contribution in [2.75, 3.05) is 18.4 Å². The molecule has 2 aliphatic heterocycles. The number of fused-ring (bicyclic) bond motifs is 13. The number of carboxylic acid groups (broad SMARTS) is 1. The van der Waals surface area contributed by atoms with Crippen molar-refractivity contribution >= 4 is 52.6 Å². The molecule has 0 radical (unpaired) electrons.